The van der Waals surface area contributed by atoms with Gasteiger partial charge in [-0.2, -0.15) is 0 Å². The first-order valence-electron chi connectivity index (χ1n) is 30.9. The van der Waals surface area contributed by atoms with Gasteiger partial charge >= 0.3 is 0 Å². The molecule has 0 aliphatic rings. The number of hydrogen-bond donors (Lipinski definition) is 0. The van der Waals surface area contributed by atoms with E-state index in [9.17, 15) is 0 Å². The lowest BCUT2D eigenvalue weighted by molar-refractivity contribution is 0.580. The van der Waals surface area contributed by atoms with Gasteiger partial charge in [-0.25, -0.2) is 24.9 Å². The van der Waals surface area contributed by atoms with Gasteiger partial charge in [-0.05, 0) is 166 Å². The van der Waals surface area contributed by atoms with Gasteiger partial charge in [0, 0.05) is 30.0 Å². The standard InChI is InChI=1S/3C11H13NO.4C11H13NS/c1-11(2,3)8-6-10-9(12-7-8)4-5-13-10;1-11(2,3)8-4-5-10-9(6-8)12-7-13-10;1-11(2,3)8-4-5-9-10(6-8)13-7-12-9;1-11(2,3)8-6-10-9(12-7-8)4-5-13-10;1-11(2,3)8-4-5-10-9(6-8)12-7-13-10;1-11(2,3)9-6-8-4-5-13-10(8)12-7-9;1-11(2,3)8-4-5-9-10(6-8)13-7-12-9/h7*4-7H,1-3H3. The molecule has 0 spiro atoms. The van der Waals surface area contributed by atoms with E-state index in [0.717, 1.165) is 54.7 Å². The molecule has 0 saturated carbocycles. The summed E-state index contributed by atoms with van der Waals surface area (Å²) >= 11 is 6.85. The molecule has 0 bridgehead atoms. The minimum Gasteiger partial charge on any atom is -0.463 e. The highest BCUT2D eigenvalue weighted by atomic mass is 32.1. The summed E-state index contributed by atoms with van der Waals surface area (Å²) < 4.78 is 19.5. The van der Waals surface area contributed by atoms with Crippen molar-refractivity contribution >= 4 is 120 Å². The minimum absolute atomic E-state index is 0.133. The Hall–Kier alpha value is -7.49. The molecule has 4 aromatic carbocycles. The van der Waals surface area contributed by atoms with Gasteiger partial charge < -0.3 is 13.3 Å². The van der Waals surface area contributed by atoms with E-state index < -0.39 is 0 Å². The first kappa shape index (κ1) is 69.4. The first-order chi connectivity index (χ1) is 42.5. The Kier molecular flexibility index (Phi) is 21.5. The molecular formula is C77H91N7O3S4. The maximum absolute atomic E-state index is 5.29. The zero-order valence-electron chi connectivity index (χ0n) is 57.2. The van der Waals surface area contributed by atoms with Gasteiger partial charge in [-0.1, -0.05) is 170 Å². The van der Waals surface area contributed by atoms with Gasteiger partial charge in [0.25, 0.3) is 0 Å². The molecule has 10 nitrogen and oxygen atoms in total. The van der Waals surface area contributed by atoms with Crippen LogP contribution in [0.5, 0.6) is 0 Å². The van der Waals surface area contributed by atoms with Crippen molar-refractivity contribution in [2.24, 2.45) is 0 Å². The molecule has 0 amide bonds. The summed E-state index contributed by atoms with van der Waals surface area (Å²) in [5.41, 5.74) is 23.0. The van der Waals surface area contributed by atoms with Crippen LogP contribution in [0.15, 0.2) is 182 Å². The second kappa shape index (κ2) is 28.2. The van der Waals surface area contributed by atoms with E-state index in [0.29, 0.717) is 0 Å². The number of pyridine rings is 3. The number of fused-ring (bicyclic) bond motifs is 7. The number of thiazole rings is 2. The molecule has 0 aliphatic heterocycles. The third-order valence-electron chi connectivity index (χ3n) is 15.3. The third kappa shape index (κ3) is 19.1. The van der Waals surface area contributed by atoms with E-state index >= 15 is 0 Å². The van der Waals surface area contributed by atoms with Crippen LogP contribution in [0.25, 0.3) is 74.2 Å². The lowest BCUT2D eigenvalue weighted by atomic mass is 9.87. The Morgan fingerprint density at radius 1 is 0.275 bits per heavy atom. The van der Waals surface area contributed by atoms with Crippen LogP contribution in [0.3, 0.4) is 0 Å². The molecule has 0 unspecified atom stereocenters. The second-order valence-electron chi connectivity index (χ2n) is 30.0. The number of oxazole rings is 2. The number of hydrogen-bond acceptors (Lipinski definition) is 14. The lowest BCUT2D eigenvalue weighted by Gasteiger charge is -2.18. The molecule has 14 heteroatoms. The van der Waals surface area contributed by atoms with Crippen molar-refractivity contribution in [2.45, 2.75) is 183 Å². The third-order valence-corrected chi connectivity index (χ3v) is 18.6. The van der Waals surface area contributed by atoms with E-state index in [2.05, 4.69) is 282 Å². The molecule has 0 radical (unpaired) electrons. The molecule has 0 atom stereocenters. The van der Waals surface area contributed by atoms with E-state index in [1.807, 2.05) is 47.8 Å². The first-order valence-corrected chi connectivity index (χ1v) is 34.4. The van der Waals surface area contributed by atoms with Gasteiger partial charge in [-0.15, -0.1) is 45.3 Å². The number of nitrogens with zero attached hydrogens (tertiary/aromatic N) is 7. The van der Waals surface area contributed by atoms with Crippen LogP contribution >= 0.6 is 45.3 Å². The number of furan rings is 1. The smallest absolute Gasteiger partial charge is 0.181 e. The summed E-state index contributed by atoms with van der Waals surface area (Å²) in [6, 6.07) is 38.0. The fourth-order valence-corrected chi connectivity index (χ4v) is 11.9. The molecule has 10 heterocycles. The summed E-state index contributed by atoms with van der Waals surface area (Å²) in [6.45, 7) is 46.2. The second-order valence-corrected chi connectivity index (χ2v) is 33.6. The van der Waals surface area contributed by atoms with Crippen LogP contribution in [0.1, 0.15) is 184 Å². The van der Waals surface area contributed by atoms with Gasteiger partial charge in [-0.3, -0.25) is 9.97 Å². The van der Waals surface area contributed by atoms with Gasteiger partial charge in [0.05, 0.1) is 47.9 Å². The van der Waals surface area contributed by atoms with Crippen molar-refractivity contribution in [2.75, 3.05) is 0 Å². The molecule has 476 valence electrons. The maximum atomic E-state index is 5.29. The molecule has 14 aromatic rings. The van der Waals surface area contributed by atoms with Crippen LogP contribution in [-0.2, 0) is 37.9 Å². The van der Waals surface area contributed by atoms with Crippen molar-refractivity contribution in [1.82, 2.24) is 34.9 Å². The highest BCUT2D eigenvalue weighted by Gasteiger charge is 2.20. The predicted molar refractivity (Wildman–Crippen MR) is 391 cm³/mol. The highest BCUT2D eigenvalue weighted by Crippen LogP contribution is 2.33. The van der Waals surface area contributed by atoms with Crippen molar-refractivity contribution in [3.05, 3.63) is 208 Å². The van der Waals surface area contributed by atoms with E-state index in [1.54, 1.807) is 51.6 Å². The molecule has 10 aromatic heterocycles. The van der Waals surface area contributed by atoms with Crippen molar-refractivity contribution in [3.8, 4) is 0 Å². The molecule has 91 heavy (non-hydrogen) atoms. The number of rotatable bonds is 0. The van der Waals surface area contributed by atoms with Gasteiger partial charge in [0.2, 0.25) is 0 Å². The predicted octanol–water partition coefficient (Wildman–Crippen LogP) is 23.8. The average molecular weight is 1290 g/mol. The van der Waals surface area contributed by atoms with E-state index in [-0.39, 0.29) is 37.9 Å². The topological polar surface area (TPSA) is 130 Å². The van der Waals surface area contributed by atoms with Crippen LogP contribution in [0.2, 0.25) is 0 Å². The molecule has 0 saturated heterocycles. The fraction of sp³-hybridized carbons (Fsp3) is 0.364. The monoisotopic (exact) mass is 1290 g/mol. The molecule has 14 rings (SSSR count). The van der Waals surface area contributed by atoms with E-state index in [4.69, 9.17) is 13.3 Å². The van der Waals surface area contributed by atoms with Crippen molar-refractivity contribution in [1.29, 1.82) is 0 Å². The van der Waals surface area contributed by atoms with Gasteiger partial charge in [0.15, 0.2) is 29.5 Å². The zero-order chi connectivity index (χ0) is 66.3. The normalized spacial score (nSPS) is 12.2. The van der Waals surface area contributed by atoms with Crippen LogP contribution in [0.4, 0.5) is 0 Å². The Labute approximate surface area is 554 Å². The van der Waals surface area contributed by atoms with Crippen molar-refractivity contribution in [3.63, 3.8) is 0 Å². The van der Waals surface area contributed by atoms with Crippen LogP contribution in [0, 0.1) is 0 Å². The summed E-state index contributed by atoms with van der Waals surface area (Å²) in [6.07, 6.45) is 10.5. The Morgan fingerprint density at radius 3 is 1.33 bits per heavy atom. The number of benzene rings is 4. The quantitative estimate of drug-likeness (QED) is 0.145. The fourth-order valence-electron chi connectivity index (χ4n) is 9.07. The highest BCUT2D eigenvalue weighted by molar-refractivity contribution is 7.17. The SMILES string of the molecule is CC(C)(C)c1ccc2ncoc2c1.CC(C)(C)c1ccc2ncsc2c1.CC(C)(C)c1ccc2ocnc2c1.CC(C)(C)c1ccc2scnc2c1.CC(C)(C)c1cnc2ccoc2c1.CC(C)(C)c1cnc2ccsc2c1.CC(C)(C)c1cnc2sccc2c1. The van der Waals surface area contributed by atoms with Crippen molar-refractivity contribution < 1.29 is 13.3 Å². The minimum atomic E-state index is 0.133. The molecular weight excluding hydrogens is 1200 g/mol. The summed E-state index contributed by atoms with van der Waals surface area (Å²) in [7, 11) is 0. The maximum Gasteiger partial charge on any atom is 0.181 e. The van der Waals surface area contributed by atoms with E-state index in [1.165, 1.54) is 71.2 Å². The summed E-state index contributed by atoms with van der Waals surface area (Å²) in [5.74, 6) is 0. The Bertz CT molecular complexity index is 3790. The van der Waals surface area contributed by atoms with Crippen LogP contribution < -0.4 is 0 Å². The number of aromatic nitrogens is 7. The molecule has 0 fully saturated rings. The summed E-state index contributed by atoms with van der Waals surface area (Å²) in [5, 5.41) is 5.44. The Balaban J connectivity index is 0.000000137. The zero-order valence-corrected chi connectivity index (χ0v) is 60.4. The number of thiophene rings is 2. The average Bonchev–Trinajstić information content (AvgIpc) is 2.26. The summed E-state index contributed by atoms with van der Waals surface area (Å²) in [4.78, 5) is 31.1. The lowest BCUT2D eigenvalue weighted by Crippen LogP contribution is -2.10. The van der Waals surface area contributed by atoms with Crippen LogP contribution in [-0.4, -0.2) is 34.9 Å². The molecule has 0 N–H and O–H groups in total. The molecule has 0 aliphatic carbocycles. The largest absolute Gasteiger partial charge is 0.463 e. The Morgan fingerprint density at radius 2 is 0.692 bits per heavy atom. The van der Waals surface area contributed by atoms with Gasteiger partial charge in [0.1, 0.15) is 21.4 Å².